The number of hydrogen-bond acceptors (Lipinski definition) is 4. The molecule has 0 saturated heterocycles. The second-order valence-corrected chi connectivity index (χ2v) is 4.21. The molecule has 0 amide bonds. The van der Waals surface area contributed by atoms with Gasteiger partial charge >= 0.3 is 0 Å². The fourth-order valence-corrected chi connectivity index (χ4v) is 2.20. The molecule has 0 aliphatic heterocycles. The lowest BCUT2D eigenvalue weighted by molar-refractivity contribution is 0.341. The molecule has 19 heavy (non-hydrogen) atoms. The van der Waals surface area contributed by atoms with Gasteiger partial charge in [0.1, 0.15) is 11.4 Å². The van der Waals surface area contributed by atoms with Crippen molar-refractivity contribution in [3.8, 4) is 17.0 Å². The van der Waals surface area contributed by atoms with E-state index in [1.807, 2.05) is 37.3 Å². The maximum atomic E-state index is 5.69. The molecular weight excluding hydrogens is 240 g/mol. The van der Waals surface area contributed by atoms with Crippen LogP contribution in [0.5, 0.6) is 5.75 Å². The highest BCUT2D eigenvalue weighted by Crippen LogP contribution is 2.37. The summed E-state index contributed by atoms with van der Waals surface area (Å²) in [6, 6.07) is 13.8. The molecule has 96 valence electrons. The molecule has 1 heterocycles. The second kappa shape index (κ2) is 4.65. The van der Waals surface area contributed by atoms with Crippen LogP contribution >= 0.6 is 0 Å². The fraction of sp³-hybridized carbons (Fsp3) is 0.133. The molecule has 0 radical (unpaired) electrons. The first kappa shape index (κ1) is 11.6. The number of benzene rings is 2. The summed E-state index contributed by atoms with van der Waals surface area (Å²) in [6.07, 6.45) is 0. The highest BCUT2D eigenvalue weighted by Gasteiger charge is 2.14. The molecule has 3 rings (SSSR count). The first-order chi connectivity index (χ1) is 9.29. The van der Waals surface area contributed by atoms with Gasteiger partial charge in [-0.25, -0.2) is 0 Å². The van der Waals surface area contributed by atoms with E-state index >= 15 is 0 Å². The lowest BCUT2D eigenvalue weighted by Crippen LogP contribution is -1.95. The molecule has 1 aromatic heterocycles. The van der Waals surface area contributed by atoms with Crippen molar-refractivity contribution < 1.29 is 9.26 Å². The number of aromatic nitrogens is 1. The van der Waals surface area contributed by atoms with Crippen LogP contribution in [0.4, 0.5) is 5.88 Å². The lowest BCUT2D eigenvalue weighted by atomic mass is 10.0. The zero-order valence-electron chi connectivity index (χ0n) is 10.6. The molecule has 2 aromatic carbocycles. The van der Waals surface area contributed by atoms with Crippen LogP contribution in [0.25, 0.3) is 22.0 Å². The molecule has 0 spiro atoms. The van der Waals surface area contributed by atoms with E-state index in [0.29, 0.717) is 18.2 Å². The molecule has 0 aliphatic rings. The van der Waals surface area contributed by atoms with Crippen LogP contribution < -0.4 is 10.5 Å². The largest absolute Gasteiger partial charge is 0.493 e. The highest BCUT2D eigenvalue weighted by atomic mass is 16.5. The zero-order chi connectivity index (χ0) is 13.2. The van der Waals surface area contributed by atoms with Crippen LogP contribution in [0, 0.1) is 0 Å². The van der Waals surface area contributed by atoms with Crippen LogP contribution in [0.15, 0.2) is 47.0 Å². The van der Waals surface area contributed by atoms with E-state index in [2.05, 4.69) is 11.2 Å². The van der Waals surface area contributed by atoms with Gasteiger partial charge in [0, 0.05) is 6.07 Å². The molecule has 4 nitrogen and oxygen atoms in total. The van der Waals surface area contributed by atoms with Crippen molar-refractivity contribution in [1.29, 1.82) is 0 Å². The summed E-state index contributed by atoms with van der Waals surface area (Å²) in [5.41, 5.74) is 7.22. The number of hydrogen-bond donors (Lipinski definition) is 1. The van der Waals surface area contributed by atoms with Gasteiger partial charge in [0.2, 0.25) is 5.88 Å². The minimum absolute atomic E-state index is 0.297. The standard InChI is InChI=1S/C15H14N2O2/c1-2-18-13-8-7-10-5-3-4-6-11(10)15(13)12-9-14(16)19-17-12/h3-9H,2,16H2,1H3. The number of fused-ring (bicyclic) bond motifs is 1. The topological polar surface area (TPSA) is 61.3 Å². The van der Waals surface area contributed by atoms with Gasteiger partial charge in [0.05, 0.1) is 12.2 Å². The normalized spacial score (nSPS) is 10.8. The Labute approximate surface area is 110 Å². The van der Waals surface area contributed by atoms with Gasteiger partial charge in [-0.3, -0.25) is 0 Å². The predicted octanol–water partition coefficient (Wildman–Crippen LogP) is 3.48. The molecule has 0 bridgehead atoms. The number of ether oxygens (including phenoxy) is 1. The molecule has 0 saturated carbocycles. The van der Waals surface area contributed by atoms with Crippen LogP contribution in [-0.2, 0) is 0 Å². The van der Waals surface area contributed by atoms with Crippen molar-refractivity contribution in [3.05, 3.63) is 42.5 Å². The average molecular weight is 254 g/mol. The molecular formula is C15H14N2O2. The van der Waals surface area contributed by atoms with Crippen LogP contribution in [-0.4, -0.2) is 11.8 Å². The quantitative estimate of drug-likeness (QED) is 0.777. The Balaban J connectivity index is 2.31. The van der Waals surface area contributed by atoms with E-state index < -0.39 is 0 Å². The monoisotopic (exact) mass is 254 g/mol. The van der Waals surface area contributed by atoms with Crippen molar-refractivity contribution in [2.24, 2.45) is 0 Å². The zero-order valence-corrected chi connectivity index (χ0v) is 10.6. The number of anilines is 1. The van der Waals surface area contributed by atoms with Crippen molar-refractivity contribution in [2.45, 2.75) is 6.92 Å². The molecule has 0 fully saturated rings. The first-order valence-corrected chi connectivity index (χ1v) is 6.16. The molecule has 0 aliphatic carbocycles. The SMILES string of the molecule is CCOc1ccc2ccccc2c1-c1cc(N)on1. The predicted molar refractivity (Wildman–Crippen MR) is 75.0 cm³/mol. The minimum atomic E-state index is 0.297. The van der Waals surface area contributed by atoms with Crippen molar-refractivity contribution in [2.75, 3.05) is 12.3 Å². The van der Waals surface area contributed by atoms with E-state index in [1.165, 1.54) is 0 Å². The second-order valence-electron chi connectivity index (χ2n) is 4.21. The third-order valence-corrected chi connectivity index (χ3v) is 2.98. The molecule has 2 N–H and O–H groups in total. The Morgan fingerprint density at radius 1 is 1.21 bits per heavy atom. The van der Waals surface area contributed by atoms with Crippen LogP contribution in [0.1, 0.15) is 6.92 Å². The Morgan fingerprint density at radius 2 is 2.05 bits per heavy atom. The van der Waals surface area contributed by atoms with Crippen LogP contribution in [0.2, 0.25) is 0 Å². The van der Waals surface area contributed by atoms with Gasteiger partial charge in [-0.1, -0.05) is 35.5 Å². The summed E-state index contributed by atoms with van der Waals surface area (Å²) in [5.74, 6) is 1.08. The molecule has 0 atom stereocenters. The van der Waals surface area contributed by atoms with E-state index in [4.69, 9.17) is 15.0 Å². The maximum Gasteiger partial charge on any atom is 0.222 e. The summed E-state index contributed by atoms with van der Waals surface area (Å²) in [7, 11) is 0. The van der Waals surface area contributed by atoms with E-state index in [0.717, 1.165) is 22.1 Å². The Bertz CT molecular complexity index is 719. The van der Waals surface area contributed by atoms with E-state index in [9.17, 15) is 0 Å². The summed E-state index contributed by atoms with van der Waals surface area (Å²) < 4.78 is 10.7. The average Bonchev–Trinajstić information content (AvgIpc) is 2.85. The maximum absolute atomic E-state index is 5.69. The smallest absolute Gasteiger partial charge is 0.222 e. The van der Waals surface area contributed by atoms with Crippen molar-refractivity contribution in [3.63, 3.8) is 0 Å². The van der Waals surface area contributed by atoms with Gasteiger partial charge < -0.3 is 15.0 Å². The van der Waals surface area contributed by atoms with Crippen molar-refractivity contribution >= 4 is 16.7 Å². The first-order valence-electron chi connectivity index (χ1n) is 6.16. The van der Waals surface area contributed by atoms with Gasteiger partial charge in [-0.05, 0) is 23.8 Å². The van der Waals surface area contributed by atoms with Gasteiger partial charge in [-0.2, -0.15) is 0 Å². The van der Waals surface area contributed by atoms with Crippen LogP contribution in [0.3, 0.4) is 0 Å². The summed E-state index contributed by atoms with van der Waals surface area (Å²) in [6.45, 7) is 2.55. The lowest BCUT2D eigenvalue weighted by Gasteiger charge is -2.11. The summed E-state index contributed by atoms with van der Waals surface area (Å²) in [5, 5.41) is 6.20. The highest BCUT2D eigenvalue weighted by molar-refractivity contribution is 5.99. The van der Waals surface area contributed by atoms with Gasteiger partial charge in [0.15, 0.2) is 0 Å². The molecule has 4 heteroatoms. The number of nitrogen functional groups attached to an aromatic ring is 1. The summed E-state index contributed by atoms with van der Waals surface area (Å²) >= 11 is 0. The fourth-order valence-electron chi connectivity index (χ4n) is 2.20. The third-order valence-electron chi connectivity index (χ3n) is 2.98. The molecule has 0 unspecified atom stereocenters. The Morgan fingerprint density at radius 3 is 2.79 bits per heavy atom. The Kier molecular flexibility index (Phi) is 2.83. The number of rotatable bonds is 3. The minimum Gasteiger partial charge on any atom is -0.493 e. The number of nitrogens with two attached hydrogens (primary N) is 1. The third kappa shape index (κ3) is 2.01. The molecule has 3 aromatic rings. The summed E-state index contributed by atoms with van der Waals surface area (Å²) in [4.78, 5) is 0. The number of nitrogens with zero attached hydrogens (tertiary/aromatic N) is 1. The van der Waals surface area contributed by atoms with Crippen molar-refractivity contribution in [1.82, 2.24) is 5.16 Å². The van der Waals surface area contributed by atoms with Gasteiger partial charge in [0.25, 0.3) is 0 Å². The van der Waals surface area contributed by atoms with E-state index in [-0.39, 0.29) is 0 Å². The Hall–Kier alpha value is -2.49. The van der Waals surface area contributed by atoms with Gasteiger partial charge in [-0.15, -0.1) is 0 Å². The van der Waals surface area contributed by atoms with E-state index in [1.54, 1.807) is 6.07 Å².